The summed E-state index contributed by atoms with van der Waals surface area (Å²) in [4.78, 5) is 10.6. The van der Waals surface area contributed by atoms with Gasteiger partial charge in [-0.1, -0.05) is 23.6 Å². The van der Waals surface area contributed by atoms with Crippen molar-refractivity contribution in [2.75, 3.05) is 11.5 Å². The quantitative estimate of drug-likeness (QED) is 0.637. The van der Waals surface area contributed by atoms with Crippen LogP contribution in [0.15, 0.2) is 22.7 Å². The molecule has 0 fully saturated rings. The van der Waals surface area contributed by atoms with E-state index in [2.05, 4.69) is 27.8 Å². The SMILES string of the molecule is CC(=O)SCC#Cc1ccc(N)c(Br)c1. The molecule has 1 aromatic carbocycles. The fourth-order valence-corrected chi connectivity index (χ4v) is 1.61. The molecular weight excluding hydrogens is 274 g/mol. The van der Waals surface area contributed by atoms with Crippen LogP contribution in [0.4, 0.5) is 5.69 Å². The van der Waals surface area contributed by atoms with Crippen molar-refractivity contribution >= 4 is 38.5 Å². The van der Waals surface area contributed by atoms with E-state index in [1.54, 1.807) is 6.07 Å². The van der Waals surface area contributed by atoms with Crippen LogP contribution in [0.1, 0.15) is 12.5 Å². The third kappa shape index (κ3) is 4.41. The molecule has 0 radical (unpaired) electrons. The number of benzene rings is 1. The molecular formula is C11H10BrNOS. The first kappa shape index (κ1) is 12.2. The van der Waals surface area contributed by atoms with Gasteiger partial charge in [0.15, 0.2) is 5.12 Å². The first-order valence-corrected chi connectivity index (χ1v) is 6.04. The van der Waals surface area contributed by atoms with Gasteiger partial charge >= 0.3 is 0 Å². The number of hydrogen-bond acceptors (Lipinski definition) is 3. The Hall–Kier alpha value is -0.920. The van der Waals surface area contributed by atoms with Crippen LogP contribution >= 0.6 is 27.7 Å². The summed E-state index contributed by atoms with van der Waals surface area (Å²) in [5.41, 5.74) is 7.22. The van der Waals surface area contributed by atoms with Crippen LogP contribution in [0.3, 0.4) is 0 Å². The molecule has 2 N–H and O–H groups in total. The lowest BCUT2D eigenvalue weighted by atomic mass is 10.2. The summed E-state index contributed by atoms with van der Waals surface area (Å²) in [7, 11) is 0. The van der Waals surface area contributed by atoms with Crippen LogP contribution in [0, 0.1) is 11.8 Å². The minimum atomic E-state index is 0.0859. The molecule has 78 valence electrons. The van der Waals surface area contributed by atoms with Gasteiger partial charge in [0.05, 0.1) is 5.75 Å². The molecule has 1 rings (SSSR count). The Balaban J connectivity index is 2.64. The van der Waals surface area contributed by atoms with Crippen molar-refractivity contribution < 1.29 is 4.79 Å². The number of carbonyl (C=O) groups is 1. The number of hydrogen-bond donors (Lipinski definition) is 1. The second-order valence-corrected chi connectivity index (χ2v) is 4.82. The Bertz CT molecular complexity index is 434. The molecule has 0 saturated heterocycles. The summed E-state index contributed by atoms with van der Waals surface area (Å²) in [6, 6.07) is 5.51. The number of anilines is 1. The second-order valence-electron chi connectivity index (χ2n) is 2.82. The molecule has 4 heteroatoms. The molecule has 0 atom stereocenters. The zero-order valence-electron chi connectivity index (χ0n) is 8.21. The van der Waals surface area contributed by atoms with Gasteiger partial charge in [-0.3, -0.25) is 4.79 Å². The highest BCUT2D eigenvalue weighted by Crippen LogP contribution is 2.19. The lowest BCUT2D eigenvalue weighted by Crippen LogP contribution is -1.87. The Morgan fingerprint density at radius 2 is 2.33 bits per heavy atom. The minimum absolute atomic E-state index is 0.0859. The first-order valence-electron chi connectivity index (χ1n) is 4.27. The van der Waals surface area contributed by atoms with E-state index in [0.29, 0.717) is 11.4 Å². The summed E-state index contributed by atoms with van der Waals surface area (Å²) in [6.45, 7) is 1.53. The van der Waals surface area contributed by atoms with Crippen LogP contribution in [0.5, 0.6) is 0 Å². The monoisotopic (exact) mass is 283 g/mol. The molecule has 1 aromatic rings. The number of halogens is 1. The maximum Gasteiger partial charge on any atom is 0.186 e. The third-order valence-electron chi connectivity index (χ3n) is 1.58. The number of thioether (sulfide) groups is 1. The molecule has 0 bridgehead atoms. The van der Waals surface area contributed by atoms with Gasteiger partial charge in [0.2, 0.25) is 0 Å². The van der Waals surface area contributed by atoms with E-state index in [0.717, 1.165) is 10.0 Å². The Labute approximate surface area is 102 Å². The predicted octanol–water partition coefficient (Wildman–Crippen LogP) is 2.66. The van der Waals surface area contributed by atoms with E-state index in [1.165, 1.54) is 18.7 Å². The molecule has 0 heterocycles. The minimum Gasteiger partial charge on any atom is -0.398 e. The normalized spacial score (nSPS) is 9.20. The summed E-state index contributed by atoms with van der Waals surface area (Å²) < 4.78 is 0.841. The predicted molar refractivity (Wildman–Crippen MR) is 68.6 cm³/mol. The van der Waals surface area contributed by atoms with E-state index in [1.807, 2.05) is 12.1 Å². The highest BCUT2D eigenvalue weighted by molar-refractivity contribution is 9.10. The average molecular weight is 284 g/mol. The van der Waals surface area contributed by atoms with Gasteiger partial charge < -0.3 is 5.73 Å². The molecule has 0 aliphatic rings. The van der Waals surface area contributed by atoms with Gasteiger partial charge in [-0.05, 0) is 34.1 Å². The number of carbonyl (C=O) groups excluding carboxylic acids is 1. The van der Waals surface area contributed by atoms with Gasteiger partial charge in [-0.15, -0.1) is 0 Å². The molecule has 0 spiro atoms. The number of nitrogen functional groups attached to an aromatic ring is 1. The van der Waals surface area contributed by atoms with Crippen LogP contribution in [-0.2, 0) is 4.79 Å². The fraction of sp³-hybridized carbons (Fsp3) is 0.182. The van der Waals surface area contributed by atoms with Crippen molar-refractivity contribution in [1.29, 1.82) is 0 Å². The number of rotatable bonds is 1. The van der Waals surface area contributed by atoms with Crippen molar-refractivity contribution in [2.45, 2.75) is 6.92 Å². The standard InChI is InChI=1S/C11H10BrNOS/c1-8(14)15-6-2-3-9-4-5-11(13)10(12)7-9/h4-5,7H,6,13H2,1H3. The third-order valence-corrected chi connectivity index (χ3v) is 2.96. The maximum absolute atomic E-state index is 10.6. The molecule has 2 nitrogen and oxygen atoms in total. The molecule has 0 aliphatic heterocycles. The van der Waals surface area contributed by atoms with Gasteiger partial charge in [0, 0.05) is 22.6 Å². The summed E-state index contributed by atoms with van der Waals surface area (Å²) in [5.74, 6) is 6.39. The lowest BCUT2D eigenvalue weighted by molar-refractivity contribution is -0.109. The number of nitrogens with two attached hydrogens (primary N) is 1. The van der Waals surface area contributed by atoms with Crippen molar-refractivity contribution in [3.05, 3.63) is 28.2 Å². The van der Waals surface area contributed by atoms with E-state index in [9.17, 15) is 4.79 Å². The van der Waals surface area contributed by atoms with Gasteiger partial charge in [-0.2, -0.15) is 0 Å². The zero-order chi connectivity index (χ0) is 11.3. The van der Waals surface area contributed by atoms with E-state index < -0.39 is 0 Å². The smallest absolute Gasteiger partial charge is 0.186 e. The van der Waals surface area contributed by atoms with Gasteiger partial charge in [0.25, 0.3) is 0 Å². The molecule has 15 heavy (non-hydrogen) atoms. The van der Waals surface area contributed by atoms with E-state index in [4.69, 9.17) is 5.73 Å². The second kappa shape index (κ2) is 5.84. The summed E-state index contributed by atoms with van der Waals surface area (Å²) >= 11 is 4.54. The van der Waals surface area contributed by atoms with Crippen molar-refractivity contribution in [3.8, 4) is 11.8 Å². The van der Waals surface area contributed by atoms with Gasteiger partial charge in [0.1, 0.15) is 0 Å². The van der Waals surface area contributed by atoms with Crippen molar-refractivity contribution in [1.82, 2.24) is 0 Å². The Morgan fingerprint density at radius 1 is 1.60 bits per heavy atom. The largest absolute Gasteiger partial charge is 0.398 e. The Morgan fingerprint density at radius 3 is 2.93 bits per heavy atom. The molecule has 0 amide bonds. The van der Waals surface area contributed by atoms with Crippen molar-refractivity contribution in [3.63, 3.8) is 0 Å². The first-order chi connectivity index (χ1) is 7.09. The summed E-state index contributed by atoms with van der Waals surface area (Å²) in [6.07, 6.45) is 0. The average Bonchev–Trinajstić information content (AvgIpc) is 2.18. The molecule has 0 unspecified atom stereocenters. The van der Waals surface area contributed by atoms with Gasteiger partial charge in [-0.25, -0.2) is 0 Å². The maximum atomic E-state index is 10.6. The van der Waals surface area contributed by atoms with E-state index >= 15 is 0 Å². The fourth-order valence-electron chi connectivity index (χ4n) is 0.881. The topological polar surface area (TPSA) is 43.1 Å². The van der Waals surface area contributed by atoms with E-state index in [-0.39, 0.29) is 5.12 Å². The van der Waals surface area contributed by atoms with Crippen molar-refractivity contribution in [2.24, 2.45) is 0 Å². The van der Waals surface area contributed by atoms with Crippen LogP contribution in [0.25, 0.3) is 0 Å². The van der Waals surface area contributed by atoms with Crippen LogP contribution in [-0.4, -0.2) is 10.9 Å². The van der Waals surface area contributed by atoms with Crippen LogP contribution < -0.4 is 5.73 Å². The molecule has 0 aliphatic carbocycles. The molecule has 0 aromatic heterocycles. The lowest BCUT2D eigenvalue weighted by Gasteiger charge is -1.97. The zero-order valence-corrected chi connectivity index (χ0v) is 10.6. The highest BCUT2D eigenvalue weighted by atomic mass is 79.9. The highest BCUT2D eigenvalue weighted by Gasteiger charge is 1.95. The van der Waals surface area contributed by atoms with Crippen LogP contribution in [0.2, 0.25) is 0 Å². The summed E-state index contributed by atoms with van der Waals surface area (Å²) in [5, 5.41) is 0.0859. The Kier molecular flexibility index (Phi) is 4.73. The molecule has 0 saturated carbocycles.